The molecule has 0 rings (SSSR count). The van der Waals surface area contributed by atoms with E-state index in [2.05, 4.69) is 25.3 Å². The zero-order valence-corrected chi connectivity index (χ0v) is 6.54. The van der Waals surface area contributed by atoms with Crippen LogP contribution in [0.1, 0.15) is 20.3 Å². The molecule has 0 amide bonds. The lowest BCUT2D eigenvalue weighted by molar-refractivity contribution is 1.28. The normalized spacial score (nSPS) is 8.86. The average molecular weight is 112 g/mol. The molecular weight excluding hydrogens is 100 g/mol. The van der Waals surface area contributed by atoms with Gasteiger partial charge in [-0.05, 0) is 0 Å². The Bertz CT molecular complexity index is 75.9. The SMILES string of the molecule is CCC#C[SiH2]CC. The summed E-state index contributed by atoms with van der Waals surface area (Å²) in [5, 5.41) is 0. The molecule has 0 N–H and O–H groups in total. The molecule has 0 unspecified atom stereocenters. The minimum Gasteiger partial charge on any atom is -0.140 e. The quantitative estimate of drug-likeness (QED) is 0.350. The van der Waals surface area contributed by atoms with E-state index < -0.39 is 0 Å². The van der Waals surface area contributed by atoms with Crippen LogP contribution in [0.5, 0.6) is 0 Å². The molecule has 0 bridgehead atoms. The Morgan fingerprint density at radius 3 is 2.57 bits per heavy atom. The van der Waals surface area contributed by atoms with Gasteiger partial charge in [0.15, 0.2) is 0 Å². The van der Waals surface area contributed by atoms with E-state index >= 15 is 0 Å². The molecule has 0 spiro atoms. The van der Waals surface area contributed by atoms with Crippen molar-refractivity contribution in [3.05, 3.63) is 0 Å². The van der Waals surface area contributed by atoms with Gasteiger partial charge >= 0.3 is 0 Å². The lowest BCUT2D eigenvalue weighted by Gasteiger charge is -1.72. The van der Waals surface area contributed by atoms with E-state index in [4.69, 9.17) is 0 Å². The third kappa shape index (κ3) is 5.78. The minimum atomic E-state index is 0.0496. The molecule has 0 saturated carbocycles. The maximum absolute atomic E-state index is 3.17. The summed E-state index contributed by atoms with van der Waals surface area (Å²) in [6.07, 6.45) is 1.03. The van der Waals surface area contributed by atoms with Gasteiger partial charge in [0, 0.05) is 6.42 Å². The van der Waals surface area contributed by atoms with E-state index in [1.165, 1.54) is 6.04 Å². The highest BCUT2D eigenvalue weighted by Crippen LogP contribution is 1.70. The van der Waals surface area contributed by atoms with Gasteiger partial charge in [-0.3, -0.25) is 0 Å². The van der Waals surface area contributed by atoms with E-state index in [-0.39, 0.29) is 9.52 Å². The predicted molar refractivity (Wildman–Crippen MR) is 37.1 cm³/mol. The van der Waals surface area contributed by atoms with Crippen molar-refractivity contribution in [3.8, 4) is 11.5 Å². The summed E-state index contributed by atoms with van der Waals surface area (Å²) in [6, 6.07) is 1.33. The molecule has 0 radical (unpaired) electrons. The Morgan fingerprint density at radius 1 is 1.43 bits per heavy atom. The first kappa shape index (κ1) is 6.78. The van der Waals surface area contributed by atoms with Crippen molar-refractivity contribution < 1.29 is 0 Å². The van der Waals surface area contributed by atoms with Crippen LogP contribution in [0.2, 0.25) is 6.04 Å². The first-order chi connectivity index (χ1) is 3.41. The first-order valence-electron chi connectivity index (χ1n) is 2.87. The molecule has 7 heavy (non-hydrogen) atoms. The highest BCUT2D eigenvalue weighted by atomic mass is 28.2. The smallest absolute Gasteiger partial charge is 0.106 e. The van der Waals surface area contributed by atoms with Crippen molar-refractivity contribution >= 4 is 9.52 Å². The summed E-state index contributed by atoms with van der Waals surface area (Å²) in [7, 11) is 0.0496. The molecule has 40 valence electrons. The molecule has 0 aromatic heterocycles. The zero-order valence-electron chi connectivity index (χ0n) is 5.12. The molecule has 0 aliphatic heterocycles. The first-order valence-corrected chi connectivity index (χ1v) is 4.58. The van der Waals surface area contributed by atoms with Crippen LogP contribution < -0.4 is 0 Å². The van der Waals surface area contributed by atoms with Crippen LogP contribution in [0.4, 0.5) is 0 Å². The maximum atomic E-state index is 3.17. The summed E-state index contributed by atoms with van der Waals surface area (Å²) in [5.74, 6) is 3.06. The fourth-order valence-electron chi connectivity index (χ4n) is 0.338. The van der Waals surface area contributed by atoms with Gasteiger partial charge in [-0.1, -0.05) is 19.9 Å². The molecule has 0 nitrogen and oxygen atoms in total. The predicted octanol–water partition coefficient (Wildman–Crippen LogP) is 0.964. The van der Waals surface area contributed by atoms with Crippen molar-refractivity contribution in [2.45, 2.75) is 26.3 Å². The Morgan fingerprint density at radius 2 is 2.14 bits per heavy atom. The molecule has 0 atom stereocenters. The third-order valence-corrected chi connectivity index (χ3v) is 1.68. The van der Waals surface area contributed by atoms with Crippen LogP contribution in [0.15, 0.2) is 0 Å². The summed E-state index contributed by atoms with van der Waals surface area (Å²) >= 11 is 0. The van der Waals surface area contributed by atoms with Crippen molar-refractivity contribution in [2.24, 2.45) is 0 Å². The molecule has 0 saturated heterocycles. The lowest BCUT2D eigenvalue weighted by atomic mass is 10.5. The van der Waals surface area contributed by atoms with Gasteiger partial charge in [-0.25, -0.2) is 0 Å². The average Bonchev–Trinajstić information content (AvgIpc) is 1.69. The van der Waals surface area contributed by atoms with E-state index in [1.54, 1.807) is 0 Å². The number of hydrogen-bond donors (Lipinski definition) is 0. The number of rotatable bonds is 1. The largest absolute Gasteiger partial charge is 0.140 e. The van der Waals surface area contributed by atoms with Crippen LogP contribution in [0.25, 0.3) is 0 Å². The highest BCUT2D eigenvalue weighted by molar-refractivity contribution is 6.45. The molecule has 0 heterocycles. The molecule has 0 aromatic carbocycles. The summed E-state index contributed by atoms with van der Waals surface area (Å²) in [4.78, 5) is 0. The topological polar surface area (TPSA) is 0 Å². The summed E-state index contributed by atoms with van der Waals surface area (Å²) < 4.78 is 0. The van der Waals surface area contributed by atoms with Crippen LogP contribution in [0, 0.1) is 11.5 Å². The number of hydrogen-bond acceptors (Lipinski definition) is 0. The molecule has 0 aliphatic carbocycles. The second kappa shape index (κ2) is 5.78. The standard InChI is InChI=1S/C6H12Si/c1-3-5-6-7-4-2/h3-4,7H2,1-2H3. The van der Waals surface area contributed by atoms with Crippen molar-refractivity contribution in [1.82, 2.24) is 0 Å². The van der Waals surface area contributed by atoms with Crippen LogP contribution >= 0.6 is 0 Å². The molecule has 1 heteroatoms. The minimum absolute atomic E-state index is 0.0496. The van der Waals surface area contributed by atoms with Gasteiger partial charge in [0.05, 0.1) is 0 Å². The summed E-state index contributed by atoms with van der Waals surface area (Å²) in [6.45, 7) is 4.30. The van der Waals surface area contributed by atoms with Gasteiger partial charge in [0.25, 0.3) is 0 Å². The monoisotopic (exact) mass is 112 g/mol. The lowest BCUT2D eigenvalue weighted by Crippen LogP contribution is -1.76. The van der Waals surface area contributed by atoms with Crippen molar-refractivity contribution in [2.75, 3.05) is 0 Å². The van der Waals surface area contributed by atoms with Gasteiger partial charge in [-0.15, -0.1) is 11.5 Å². The summed E-state index contributed by atoms with van der Waals surface area (Å²) in [5.41, 5.74) is 3.17. The van der Waals surface area contributed by atoms with Crippen molar-refractivity contribution in [3.63, 3.8) is 0 Å². The van der Waals surface area contributed by atoms with E-state index in [1.807, 2.05) is 0 Å². The fourth-order valence-corrected chi connectivity index (χ4v) is 1.02. The van der Waals surface area contributed by atoms with Crippen molar-refractivity contribution in [1.29, 1.82) is 0 Å². The van der Waals surface area contributed by atoms with Gasteiger partial charge in [-0.2, -0.15) is 0 Å². The molecule has 0 aromatic rings. The Kier molecular flexibility index (Phi) is 5.59. The van der Waals surface area contributed by atoms with E-state index in [9.17, 15) is 0 Å². The third-order valence-electron chi connectivity index (χ3n) is 0.677. The molecule has 0 fully saturated rings. The van der Waals surface area contributed by atoms with Crippen LogP contribution in [-0.4, -0.2) is 9.52 Å². The Balaban J connectivity index is 2.91. The van der Waals surface area contributed by atoms with Crippen LogP contribution in [0.3, 0.4) is 0 Å². The van der Waals surface area contributed by atoms with Crippen LogP contribution in [-0.2, 0) is 0 Å². The Hall–Kier alpha value is -0.223. The van der Waals surface area contributed by atoms with Gasteiger partial charge in [0.1, 0.15) is 9.52 Å². The second-order valence-corrected chi connectivity index (χ2v) is 3.31. The molecular formula is C6H12Si. The van der Waals surface area contributed by atoms with Gasteiger partial charge in [0.2, 0.25) is 0 Å². The van der Waals surface area contributed by atoms with E-state index in [0.717, 1.165) is 6.42 Å². The Labute approximate surface area is 48.1 Å². The maximum Gasteiger partial charge on any atom is 0.106 e. The second-order valence-electron chi connectivity index (χ2n) is 1.46. The highest BCUT2D eigenvalue weighted by Gasteiger charge is 1.68. The van der Waals surface area contributed by atoms with Gasteiger partial charge < -0.3 is 0 Å². The van der Waals surface area contributed by atoms with E-state index in [0.29, 0.717) is 0 Å². The molecule has 0 aliphatic rings. The fraction of sp³-hybridized carbons (Fsp3) is 0.667. The zero-order chi connectivity index (χ0) is 5.54.